The second-order valence-corrected chi connectivity index (χ2v) is 4.10. The van der Waals surface area contributed by atoms with Crippen molar-refractivity contribution in [2.24, 2.45) is 0 Å². The highest BCUT2D eigenvalue weighted by Crippen LogP contribution is 2.13. The summed E-state index contributed by atoms with van der Waals surface area (Å²) in [6, 6.07) is 17.2. The molecule has 0 aliphatic rings. The number of halogens is 1. The van der Waals surface area contributed by atoms with Crippen molar-refractivity contribution in [2.75, 3.05) is 0 Å². The number of rotatable bonds is 4. The van der Waals surface area contributed by atoms with Crippen LogP contribution >= 0.6 is 0 Å². The number of nitrogens with one attached hydrogen (secondary N) is 1. The van der Waals surface area contributed by atoms with Crippen molar-refractivity contribution in [1.29, 1.82) is 0 Å². The SMILES string of the molecule is C[C@@H](NCc1ccccc1F)c1ccccc1. The zero-order valence-corrected chi connectivity index (χ0v) is 9.86. The molecule has 0 radical (unpaired) electrons. The van der Waals surface area contributed by atoms with E-state index in [0.717, 1.165) is 0 Å². The Balaban J connectivity index is 1.97. The van der Waals surface area contributed by atoms with Crippen LogP contribution in [0.3, 0.4) is 0 Å². The molecule has 0 bridgehead atoms. The lowest BCUT2D eigenvalue weighted by molar-refractivity contribution is 0.544. The van der Waals surface area contributed by atoms with E-state index in [1.165, 1.54) is 11.6 Å². The maximum Gasteiger partial charge on any atom is 0.127 e. The molecule has 2 aromatic rings. The minimum atomic E-state index is -0.153. The van der Waals surface area contributed by atoms with E-state index >= 15 is 0 Å². The van der Waals surface area contributed by atoms with Crippen LogP contribution in [0.4, 0.5) is 4.39 Å². The van der Waals surface area contributed by atoms with Gasteiger partial charge in [0, 0.05) is 18.2 Å². The Morgan fingerprint density at radius 3 is 2.35 bits per heavy atom. The molecule has 0 amide bonds. The fourth-order valence-electron chi connectivity index (χ4n) is 1.76. The van der Waals surface area contributed by atoms with Crippen LogP contribution in [-0.2, 0) is 6.54 Å². The van der Waals surface area contributed by atoms with Gasteiger partial charge < -0.3 is 5.32 Å². The van der Waals surface area contributed by atoms with Crippen LogP contribution in [0.2, 0.25) is 0 Å². The summed E-state index contributed by atoms with van der Waals surface area (Å²) in [6.45, 7) is 2.62. The first kappa shape index (κ1) is 11.8. The Kier molecular flexibility index (Phi) is 3.89. The molecule has 0 fully saturated rings. The third-order valence-corrected chi connectivity index (χ3v) is 2.86. The van der Waals surface area contributed by atoms with Gasteiger partial charge in [0.25, 0.3) is 0 Å². The molecule has 0 aliphatic heterocycles. The van der Waals surface area contributed by atoms with E-state index in [4.69, 9.17) is 0 Å². The molecule has 0 saturated heterocycles. The highest BCUT2D eigenvalue weighted by atomic mass is 19.1. The van der Waals surface area contributed by atoms with Crippen molar-refractivity contribution in [3.63, 3.8) is 0 Å². The summed E-state index contributed by atoms with van der Waals surface area (Å²) in [5.74, 6) is -0.153. The van der Waals surface area contributed by atoms with Crippen LogP contribution in [0.25, 0.3) is 0 Å². The van der Waals surface area contributed by atoms with E-state index in [1.807, 2.05) is 24.3 Å². The topological polar surface area (TPSA) is 12.0 Å². The molecule has 1 N–H and O–H groups in total. The molecular formula is C15H16FN. The zero-order valence-electron chi connectivity index (χ0n) is 9.86. The molecule has 0 saturated carbocycles. The Bertz CT molecular complexity index is 467. The van der Waals surface area contributed by atoms with Crippen LogP contribution in [-0.4, -0.2) is 0 Å². The monoisotopic (exact) mass is 229 g/mol. The van der Waals surface area contributed by atoms with Crippen LogP contribution < -0.4 is 5.32 Å². The normalized spacial score (nSPS) is 12.4. The molecule has 1 atom stereocenters. The first-order valence-electron chi connectivity index (χ1n) is 5.79. The summed E-state index contributed by atoms with van der Waals surface area (Å²) in [5.41, 5.74) is 1.92. The largest absolute Gasteiger partial charge is 0.306 e. The summed E-state index contributed by atoms with van der Waals surface area (Å²) in [4.78, 5) is 0. The van der Waals surface area contributed by atoms with Crippen molar-refractivity contribution < 1.29 is 4.39 Å². The predicted octanol–water partition coefficient (Wildman–Crippen LogP) is 3.68. The van der Waals surface area contributed by atoms with Crippen LogP contribution in [0.15, 0.2) is 54.6 Å². The molecule has 0 aromatic heterocycles. The first-order chi connectivity index (χ1) is 8.27. The molecular weight excluding hydrogens is 213 g/mol. The van der Waals surface area contributed by atoms with E-state index < -0.39 is 0 Å². The first-order valence-corrected chi connectivity index (χ1v) is 5.79. The summed E-state index contributed by atoms with van der Waals surface area (Å²) in [6.07, 6.45) is 0. The lowest BCUT2D eigenvalue weighted by Gasteiger charge is -2.14. The summed E-state index contributed by atoms with van der Waals surface area (Å²) in [5, 5.41) is 3.32. The number of benzene rings is 2. The van der Waals surface area contributed by atoms with Gasteiger partial charge >= 0.3 is 0 Å². The predicted molar refractivity (Wildman–Crippen MR) is 68.1 cm³/mol. The quantitative estimate of drug-likeness (QED) is 0.843. The second-order valence-electron chi connectivity index (χ2n) is 4.10. The Hall–Kier alpha value is -1.67. The molecule has 2 rings (SSSR count). The number of hydrogen-bond donors (Lipinski definition) is 1. The molecule has 2 aromatic carbocycles. The molecule has 88 valence electrons. The van der Waals surface area contributed by atoms with E-state index in [1.54, 1.807) is 12.1 Å². The molecule has 17 heavy (non-hydrogen) atoms. The third kappa shape index (κ3) is 3.14. The maximum atomic E-state index is 13.4. The van der Waals surface area contributed by atoms with Crippen molar-refractivity contribution in [3.8, 4) is 0 Å². The zero-order chi connectivity index (χ0) is 12.1. The van der Waals surface area contributed by atoms with Crippen molar-refractivity contribution in [3.05, 3.63) is 71.5 Å². The van der Waals surface area contributed by atoms with E-state index in [-0.39, 0.29) is 11.9 Å². The number of hydrogen-bond acceptors (Lipinski definition) is 1. The average Bonchev–Trinajstić information content (AvgIpc) is 2.38. The van der Waals surface area contributed by atoms with Gasteiger partial charge in [0.2, 0.25) is 0 Å². The van der Waals surface area contributed by atoms with Crippen molar-refractivity contribution in [1.82, 2.24) is 5.32 Å². The molecule has 2 heteroatoms. The highest BCUT2D eigenvalue weighted by molar-refractivity contribution is 5.20. The van der Waals surface area contributed by atoms with Gasteiger partial charge in [-0.25, -0.2) is 4.39 Å². The van der Waals surface area contributed by atoms with Gasteiger partial charge in [0.15, 0.2) is 0 Å². The van der Waals surface area contributed by atoms with Crippen molar-refractivity contribution >= 4 is 0 Å². The van der Waals surface area contributed by atoms with Gasteiger partial charge in [0.1, 0.15) is 5.82 Å². The molecule has 1 nitrogen and oxygen atoms in total. The second kappa shape index (κ2) is 5.60. The average molecular weight is 229 g/mol. The van der Waals surface area contributed by atoms with E-state index in [0.29, 0.717) is 12.1 Å². The Morgan fingerprint density at radius 1 is 1.00 bits per heavy atom. The fourth-order valence-corrected chi connectivity index (χ4v) is 1.76. The van der Waals surface area contributed by atoms with Crippen LogP contribution in [0.5, 0.6) is 0 Å². The van der Waals surface area contributed by atoms with Crippen LogP contribution in [0.1, 0.15) is 24.1 Å². The fraction of sp³-hybridized carbons (Fsp3) is 0.200. The van der Waals surface area contributed by atoms with Gasteiger partial charge in [0.05, 0.1) is 0 Å². The maximum absolute atomic E-state index is 13.4. The van der Waals surface area contributed by atoms with E-state index in [2.05, 4.69) is 24.4 Å². The van der Waals surface area contributed by atoms with E-state index in [9.17, 15) is 4.39 Å². The standard InChI is InChI=1S/C15H16FN/c1-12(13-7-3-2-4-8-13)17-11-14-9-5-6-10-15(14)16/h2-10,12,17H,11H2,1H3/t12-/m1/s1. The highest BCUT2D eigenvalue weighted by Gasteiger charge is 2.05. The smallest absolute Gasteiger partial charge is 0.127 e. The van der Waals surface area contributed by atoms with Gasteiger partial charge in [-0.05, 0) is 18.6 Å². The van der Waals surface area contributed by atoms with Gasteiger partial charge in [-0.3, -0.25) is 0 Å². The minimum absolute atomic E-state index is 0.153. The summed E-state index contributed by atoms with van der Waals surface area (Å²) in [7, 11) is 0. The van der Waals surface area contributed by atoms with Gasteiger partial charge in [-0.15, -0.1) is 0 Å². The molecule has 0 aliphatic carbocycles. The van der Waals surface area contributed by atoms with Gasteiger partial charge in [-0.2, -0.15) is 0 Å². The Morgan fingerprint density at radius 2 is 1.65 bits per heavy atom. The summed E-state index contributed by atoms with van der Waals surface area (Å²) >= 11 is 0. The summed E-state index contributed by atoms with van der Waals surface area (Å²) < 4.78 is 13.4. The van der Waals surface area contributed by atoms with Crippen molar-refractivity contribution in [2.45, 2.75) is 19.5 Å². The molecule has 0 unspecified atom stereocenters. The minimum Gasteiger partial charge on any atom is -0.306 e. The van der Waals surface area contributed by atoms with Gasteiger partial charge in [-0.1, -0.05) is 48.5 Å². The lowest BCUT2D eigenvalue weighted by Crippen LogP contribution is -2.18. The molecule has 0 spiro atoms. The lowest BCUT2D eigenvalue weighted by atomic mass is 10.1. The third-order valence-electron chi connectivity index (χ3n) is 2.86. The molecule has 0 heterocycles. The Labute approximate surface area is 101 Å². The van der Waals surface area contributed by atoms with Crippen LogP contribution in [0, 0.1) is 5.82 Å².